The first-order chi connectivity index (χ1) is 9.80. The molecular weight excluding hydrogens is 280 g/mol. The lowest BCUT2D eigenvalue weighted by Crippen LogP contribution is -2.15. The molecule has 0 saturated carbocycles. The monoisotopic (exact) mass is 300 g/mol. The minimum Gasteiger partial charge on any atom is -0.438 e. The Bertz CT molecular complexity index is 675. The SMILES string of the molecule is Cc1ccnc(Oc2ccccc2C(C)(C)C)c1C(N)=S. The summed E-state index contributed by atoms with van der Waals surface area (Å²) in [6, 6.07) is 9.82. The van der Waals surface area contributed by atoms with E-state index in [-0.39, 0.29) is 5.41 Å². The van der Waals surface area contributed by atoms with Gasteiger partial charge in [0.15, 0.2) is 0 Å². The van der Waals surface area contributed by atoms with Gasteiger partial charge in [-0.3, -0.25) is 0 Å². The van der Waals surface area contributed by atoms with E-state index in [1.807, 2.05) is 31.2 Å². The Morgan fingerprint density at radius 1 is 1.19 bits per heavy atom. The van der Waals surface area contributed by atoms with Crippen molar-refractivity contribution in [1.82, 2.24) is 4.98 Å². The summed E-state index contributed by atoms with van der Waals surface area (Å²) >= 11 is 5.12. The number of hydrogen-bond donors (Lipinski definition) is 1. The molecular formula is C17H20N2OS. The number of pyridine rings is 1. The van der Waals surface area contributed by atoms with Crippen LogP contribution in [-0.2, 0) is 5.41 Å². The zero-order valence-corrected chi connectivity index (χ0v) is 13.6. The highest BCUT2D eigenvalue weighted by Crippen LogP contribution is 2.34. The van der Waals surface area contributed by atoms with E-state index >= 15 is 0 Å². The average molecular weight is 300 g/mol. The Morgan fingerprint density at radius 3 is 2.48 bits per heavy atom. The van der Waals surface area contributed by atoms with Gasteiger partial charge in [0, 0.05) is 11.8 Å². The van der Waals surface area contributed by atoms with E-state index in [9.17, 15) is 0 Å². The zero-order valence-electron chi connectivity index (χ0n) is 12.8. The van der Waals surface area contributed by atoms with Crippen LogP contribution in [-0.4, -0.2) is 9.97 Å². The lowest BCUT2D eigenvalue weighted by molar-refractivity contribution is 0.439. The molecule has 0 aliphatic rings. The third kappa shape index (κ3) is 3.39. The fourth-order valence-corrected chi connectivity index (χ4v) is 2.44. The quantitative estimate of drug-likeness (QED) is 0.866. The molecule has 2 aromatic rings. The van der Waals surface area contributed by atoms with Crippen LogP contribution in [0.15, 0.2) is 36.5 Å². The molecule has 0 radical (unpaired) electrons. The van der Waals surface area contributed by atoms with Crippen LogP contribution < -0.4 is 10.5 Å². The summed E-state index contributed by atoms with van der Waals surface area (Å²) in [5.41, 5.74) is 8.54. The van der Waals surface area contributed by atoms with E-state index < -0.39 is 0 Å². The van der Waals surface area contributed by atoms with Crippen molar-refractivity contribution in [2.45, 2.75) is 33.1 Å². The van der Waals surface area contributed by atoms with Crippen molar-refractivity contribution < 1.29 is 4.74 Å². The fraction of sp³-hybridized carbons (Fsp3) is 0.294. The molecule has 0 amide bonds. The highest BCUT2D eigenvalue weighted by Gasteiger charge is 2.20. The Labute approximate surface area is 131 Å². The maximum atomic E-state index is 6.03. The zero-order chi connectivity index (χ0) is 15.6. The molecule has 21 heavy (non-hydrogen) atoms. The van der Waals surface area contributed by atoms with Crippen LogP contribution in [0.2, 0.25) is 0 Å². The topological polar surface area (TPSA) is 48.1 Å². The molecule has 2 rings (SSSR count). The number of para-hydroxylation sites is 1. The minimum absolute atomic E-state index is 0.0240. The second kappa shape index (κ2) is 5.82. The van der Waals surface area contributed by atoms with Gasteiger partial charge in [-0.25, -0.2) is 4.98 Å². The molecule has 3 nitrogen and oxygen atoms in total. The van der Waals surface area contributed by atoms with E-state index in [1.54, 1.807) is 6.20 Å². The van der Waals surface area contributed by atoms with E-state index in [0.717, 1.165) is 16.9 Å². The standard InChI is InChI=1S/C17H20N2OS/c1-11-9-10-19-16(14(11)15(18)21)20-13-8-6-5-7-12(13)17(2,3)4/h5-10H,1-4H3,(H2,18,21). The van der Waals surface area contributed by atoms with E-state index in [1.165, 1.54) is 0 Å². The molecule has 2 N–H and O–H groups in total. The predicted octanol–water partition coefficient (Wildman–Crippen LogP) is 4.11. The van der Waals surface area contributed by atoms with Crippen molar-refractivity contribution in [2.75, 3.05) is 0 Å². The van der Waals surface area contributed by atoms with Crippen molar-refractivity contribution >= 4 is 17.2 Å². The number of hydrogen-bond acceptors (Lipinski definition) is 3. The first-order valence-corrected chi connectivity index (χ1v) is 7.24. The minimum atomic E-state index is -0.0240. The second-order valence-corrected chi connectivity index (χ2v) is 6.46. The van der Waals surface area contributed by atoms with Crippen LogP contribution in [0, 0.1) is 6.92 Å². The summed E-state index contributed by atoms with van der Waals surface area (Å²) in [7, 11) is 0. The van der Waals surface area contributed by atoms with Gasteiger partial charge in [-0.2, -0.15) is 0 Å². The lowest BCUT2D eigenvalue weighted by Gasteiger charge is -2.22. The molecule has 0 unspecified atom stereocenters. The fourth-order valence-electron chi connectivity index (χ4n) is 2.19. The van der Waals surface area contributed by atoms with Gasteiger partial charge in [0.05, 0.1) is 5.56 Å². The maximum absolute atomic E-state index is 6.03. The Morgan fingerprint density at radius 2 is 1.86 bits per heavy atom. The first kappa shape index (κ1) is 15.4. The first-order valence-electron chi connectivity index (χ1n) is 6.83. The average Bonchev–Trinajstić information content (AvgIpc) is 2.37. The highest BCUT2D eigenvalue weighted by atomic mass is 32.1. The third-order valence-corrected chi connectivity index (χ3v) is 3.48. The smallest absolute Gasteiger partial charge is 0.229 e. The Kier molecular flexibility index (Phi) is 4.28. The number of nitrogens with two attached hydrogens (primary N) is 1. The van der Waals surface area contributed by atoms with Crippen LogP contribution in [0.25, 0.3) is 0 Å². The van der Waals surface area contributed by atoms with E-state index in [0.29, 0.717) is 16.4 Å². The molecule has 1 aromatic heterocycles. The van der Waals surface area contributed by atoms with Gasteiger partial charge in [0.2, 0.25) is 5.88 Å². The molecule has 110 valence electrons. The summed E-state index contributed by atoms with van der Waals surface area (Å²) in [5.74, 6) is 1.24. The number of rotatable bonds is 3. The normalized spacial score (nSPS) is 11.2. The number of aryl methyl sites for hydroxylation is 1. The molecule has 0 atom stereocenters. The van der Waals surface area contributed by atoms with Gasteiger partial charge in [-0.1, -0.05) is 51.2 Å². The predicted molar refractivity (Wildman–Crippen MR) is 90.1 cm³/mol. The van der Waals surface area contributed by atoms with Crippen molar-refractivity contribution in [2.24, 2.45) is 5.73 Å². The maximum Gasteiger partial charge on any atom is 0.229 e. The van der Waals surface area contributed by atoms with Crippen LogP contribution in [0.4, 0.5) is 0 Å². The van der Waals surface area contributed by atoms with Crippen LogP contribution in [0.1, 0.15) is 37.5 Å². The Balaban J connectivity index is 2.50. The number of thiocarbonyl (C=S) groups is 1. The van der Waals surface area contributed by atoms with Crippen LogP contribution in [0.3, 0.4) is 0 Å². The summed E-state index contributed by atoms with van der Waals surface area (Å²) in [4.78, 5) is 4.58. The summed E-state index contributed by atoms with van der Waals surface area (Å²) in [6.45, 7) is 8.38. The summed E-state index contributed by atoms with van der Waals surface area (Å²) in [5, 5.41) is 0. The molecule has 0 bridgehead atoms. The number of ether oxygens (including phenoxy) is 1. The molecule has 0 aliphatic carbocycles. The molecule has 0 saturated heterocycles. The molecule has 0 aliphatic heterocycles. The number of benzene rings is 1. The van der Waals surface area contributed by atoms with Gasteiger partial charge in [-0.15, -0.1) is 0 Å². The van der Waals surface area contributed by atoms with E-state index in [2.05, 4.69) is 31.8 Å². The molecule has 0 spiro atoms. The van der Waals surface area contributed by atoms with Crippen molar-refractivity contribution in [3.05, 3.63) is 53.2 Å². The van der Waals surface area contributed by atoms with Gasteiger partial charge < -0.3 is 10.5 Å². The van der Waals surface area contributed by atoms with Gasteiger partial charge in [-0.05, 0) is 30.0 Å². The largest absolute Gasteiger partial charge is 0.438 e. The second-order valence-electron chi connectivity index (χ2n) is 6.02. The van der Waals surface area contributed by atoms with Crippen LogP contribution in [0.5, 0.6) is 11.6 Å². The van der Waals surface area contributed by atoms with Crippen molar-refractivity contribution in [3.63, 3.8) is 0 Å². The van der Waals surface area contributed by atoms with Crippen molar-refractivity contribution in [1.29, 1.82) is 0 Å². The highest BCUT2D eigenvalue weighted by molar-refractivity contribution is 7.80. The van der Waals surface area contributed by atoms with Gasteiger partial charge in [0.1, 0.15) is 10.7 Å². The third-order valence-electron chi connectivity index (χ3n) is 3.27. The lowest BCUT2D eigenvalue weighted by atomic mass is 9.86. The molecule has 1 heterocycles. The number of nitrogens with zero attached hydrogens (tertiary/aromatic N) is 1. The van der Waals surface area contributed by atoms with E-state index in [4.69, 9.17) is 22.7 Å². The van der Waals surface area contributed by atoms with Gasteiger partial charge >= 0.3 is 0 Å². The molecule has 0 fully saturated rings. The molecule has 1 aromatic carbocycles. The summed E-state index contributed by atoms with van der Waals surface area (Å²) in [6.07, 6.45) is 1.70. The van der Waals surface area contributed by atoms with Crippen molar-refractivity contribution in [3.8, 4) is 11.6 Å². The van der Waals surface area contributed by atoms with Crippen LogP contribution >= 0.6 is 12.2 Å². The van der Waals surface area contributed by atoms with Gasteiger partial charge in [0.25, 0.3) is 0 Å². The summed E-state index contributed by atoms with van der Waals surface area (Å²) < 4.78 is 6.03. The Hall–Kier alpha value is -1.94. The molecule has 4 heteroatoms. The number of aromatic nitrogens is 1.